The van der Waals surface area contributed by atoms with Crippen molar-refractivity contribution in [1.29, 1.82) is 0 Å². The Morgan fingerprint density at radius 3 is 2.84 bits per heavy atom. The standard InChI is InChI=1S/C17H27N3O4S/c1-13(2)8-9-16(22)19-14-6-5-11-20(12-15(14)21)25(23,24)17-7-3-4-10-18-17/h3-4,7,10,13-15,21H,5-6,8-9,11-12H2,1-2H3,(H,19,22)/t14?,15-/m0/s1. The van der Waals surface area contributed by atoms with Crippen LogP contribution in [0.25, 0.3) is 0 Å². The summed E-state index contributed by atoms with van der Waals surface area (Å²) >= 11 is 0. The maximum absolute atomic E-state index is 12.7. The van der Waals surface area contributed by atoms with Crippen molar-refractivity contribution in [3.05, 3.63) is 24.4 Å². The number of carbonyl (C=O) groups is 1. The lowest BCUT2D eigenvalue weighted by Crippen LogP contribution is -2.47. The van der Waals surface area contributed by atoms with E-state index in [1.54, 1.807) is 12.1 Å². The molecule has 2 atom stereocenters. The number of sulfonamides is 1. The summed E-state index contributed by atoms with van der Waals surface area (Å²) in [6.45, 7) is 4.35. The molecule has 1 amide bonds. The fourth-order valence-electron chi connectivity index (χ4n) is 2.82. The van der Waals surface area contributed by atoms with Crippen molar-refractivity contribution in [3.8, 4) is 0 Å². The number of β-amino-alcohol motifs (C(OH)–C–C–N with tert-alkyl or cyclic N) is 1. The normalized spacial score (nSPS) is 22.6. The van der Waals surface area contributed by atoms with E-state index in [9.17, 15) is 18.3 Å². The van der Waals surface area contributed by atoms with Crippen LogP contribution in [-0.2, 0) is 14.8 Å². The van der Waals surface area contributed by atoms with Gasteiger partial charge < -0.3 is 10.4 Å². The van der Waals surface area contributed by atoms with E-state index in [2.05, 4.69) is 10.3 Å². The summed E-state index contributed by atoms with van der Waals surface area (Å²) in [7, 11) is -3.74. The lowest BCUT2D eigenvalue weighted by molar-refractivity contribution is -0.122. The Morgan fingerprint density at radius 1 is 1.44 bits per heavy atom. The number of nitrogens with zero attached hydrogens (tertiary/aromatic N) is 2. The minimum atomic E-state index is -3.74. The number of nitrogens with one attached hydrogen (secondary N) is 1. The van der Waals surface area contributed by atoms with Crippen LogP contribution >= 0.6 is 0 Å². The van der Waals surface area contributed by atoms with Crippen molar-refractivity contribution in [2.75, 3.05) is 13.1 Å². The summed E-state index contributed by atoms with van der Waals surface area (Å²) in [5, 5.41) is 13.2. The molecule has 0 aromatic carbocycles. The molecule has 2 N–H and O–H groups in total. The van der Waals surface area contributed by atoms with Gasteiger partial charge in [0.1, 0.15) is 0 Å². The smallest absolute Gasteiger partial charge is 0.260 e. The van der Waals surface area contributed by atoms with Gasteiger partial charge in [0.25, 0.3) is 10.0 Å². The molecule has 0 bridgehead atoms. The number of aromatic nitrogens is 1. The number of carbonyl (C=O) groups excluding carboxylic acids is 1. The predicted octanol–water partition coefficient (Wildman–Crippen LogP) is 1.15. The molecular formula is C17H27N3O4S. The summed E-state index contributed by atoms with van der Waals surface area (Å²) in [5.74, 6) is 0.336. The van der Waals surface area contributed by atoms with E-state index in [1.165, 1.54) is 16.6 Å². The first-order chi connectivity index (χ1) is 11.8. The number of aliphatic hydroxyl groups is 1. The fourth-order valence-corrected chi connectivity index (χ4v) is 4.25. The van der Waals surface area contributed by atoms with E-state index < -0.39 is 22.2 Å². The van der Waals surface area contributed by atoms with Gasteiger partial charge >= 0.3 is 0 Å². The molecule has 1 aromatic rings. The van der Waals surface area contributed by atoms with Crippen molar-refractivity contribution in [1.82, 2.24) is 14.6 Å². The van der Waals surface area contributed by atoms with Gasteiger partial charge in [-0.3, -0.25) is 4.79 Å². The highest BCUT2D eigenvalue weighted by atomic mass is 32.2. The van der Waals surface area contributed by atoms with Crippen LogP contribution in [0.4, 0.5) is 0 Å². The Kier molecular flexibility index (Phi) is 6.92. The van der Waals surface area contributed by atoms with Crippen molar-refractivity contribution in [3.63, 3.8) is 0 Å². The van der Waals surface area contributed by atoms with Gasteiger partial charge in [0.05, 0.1) is 12.1 Å². The molecule has 140 valence electrons. The van der Waals surface area contributed by atoms with Crippen LogP contribution < -0.4 is 5.32 Å². The third kappa shape index (κ3) is 5.49. The maximum atomic E-state index is 12.7. The molecule has 0 spiro atoms. The van der Waals surface area contributed by atoms with E-state index in [1.807, 2.05) is 13.8 Å². The summed E-state index contributed by atoms with van der Waals surface area (Å²) in [6.07, 6.45) is 2.80. The number of hydrogen-bond acceptors (Lipinski definition) is 5. The SMILES string of the molecule is CC(C)CCC(=O)NC1CCCN(S(=O)(=O)c2ccccn2)C[C@@H]1O. The van der Waals surface area contributed by atoms with Crippen LogP contribution in [-0.4, -0.2) is 54.0 Å². The van der Waals surface area contributed by atoms with Gasteiger partial charge in [-0.1, -0.05) is 19.9 Å². The van der Waals surface area contributed by atoms with Crippen LogP contribution in [0, 0.1) is 5.92 Å². The Morgan fingerprint density at radius 2 is 2.20 bits per heavy atom. The van der Waals surface area contributed by atoms with Gasteiger partial charge in [-0.2, -0.15) is 4.31 Å². The third-order valence-corrected chi connectivity index (χ3v) is 6.10. The minimum Gasteiger partial charge on any atom is -0.390 e. The molecule has 1 aliphatic heterocycles. The molecule has 0 aliphatic carbocycles. The molecule has 8 heteroatoms. The Balaban J connectivity index is 2.01. The highest BCUT2D eigenvalue weighted by molar-refractivity contribution is 7.89. The van der Waals surface area contributed by atoms with E-state index in [0.29, 0.717) is 31.7 Å². The molecule has 2 heterocycles. The van der Waals surface area contributed by atoms with Crippen LogP contribution in [0.2, 0.25) is 0 Å². The number of pyridine rings is 1. The molecule has 1 aliphatic rings. The van der Waals surface area contributed by atoms with Gasteiger partial charge in [0.15, 0.2) is 5.03 Å². The van der Waals surface area contributed by atoms with Gasteiger partial charge in [0, 0.05) is 25.7 Å². The Hall–Kier alpha value is -1.51. The van der Waals surface area contributed by atoms with E-state index in [0.717, 1.165) is 6.42 Å². The van der Waals surface area contributed by atoms with Crippen LogP contribution in [0.5, 0.6) is 0 Å². The molecular weight excluding hydrogens is 342 g/mol. The van der Waals surface area contributed by atoms with E-state index in [4.69, 9.17) is 0 Å². The van der Waals surface area contributed by atoms with Crippen molar-refractivity contribution >= 4 is 15.9 Å². The van der Waals surface area contributed by atoms with E-state index >= 15 is 0 Å². The number of amides is 1. The molecule has 2 rings (SSSR count). The average Bonchev–Trinajstić information content (AvgIpc) is 2.76. The summed E-state index contributed by atoms with van der Waals surface area (Å²) in [5.41, 5.74) is 0. The molecule has 1 unspecified atom stereocenters. The second-order valence-corrected chi connectivity index (χ2v) is 8.73. The lowest BCUT2D eigenvalue weighted by Gasteiger charge is -2.25. The molecule has 1 saturated heterocycles. The number of hydrogen-bond donors (Lipinski definition) is 2. The van der Waals surface area contributed by atoms with Gasteiger partial charge in [-0.05, 0) is 37.3 Å². The zero-order chi connectivity index (χ0) is 18.4. The minimum absolute atomic E-state index is 0.0263. The quantitative estimate of drug-likeness (QED) is 0.783. The first kappa shape index (κ1) is 19.8. The summed E-state index contributed by atoms with van der Waals surface area (Å²) < 4.78 is 26.6. The van der Waals surface area contributed by atoms with Crippen molar-refractivity contribution in [2.45, 2.75) is 56.7 Å². The first-order valence-electron chi connectivity index (χ1n) is 8.69. The molecule has 7 nitrogen and oxygen atoms in total. The summed E-state index contributed by atoms with van der Waals surface area (Å²) in [6, 6.07) is 4.28. The predicted molar refractivity (Wildman–Crippen MR) is 94.2 cm³/mol. The second kappa shape index (κ2) is 8.73. The molecule has 0 radical (unpaired) electrons. The zero-order valence-electron chi connectivity index (χ0n) is 14.8. The lowest BCUT2D eigenvalue weighted by atomic mass is 10.0. The van der Waals surface area contributed by atoms with Crippen LogP contribution in [0.15, 0.2) is 29.4 Å². The fraction of sp³-hybridized carbons (Fsp3) is 0.647. The van der Waals surface area contributed by atoms with Crippen LogP contribution in [0.1, 0.15) is 39.5 Å². The van der Waals surface area contributed by atoms with Crippen molar-refractivity contribution in [2.24, 2.45) is 5.92 Å². The highest BCUT2D eigenvalue weighted by Crippen LogP contribution is 2.19. The van der Waals surface area contributed by atoms with E-state index in [-0.39, 0.29) is 17.5 Å². The van der Waals surface area contributed by atoms with Gasteiger partial charge in [0.2, 0.25) is 5.91 Å². The van der Waals surface area contributed by atoms with Gasteiger partial charge in [-0.15, -0.1) is 0 Å². The number of aliphatic hydroxyl groups excluding tert-OH is 1. The Labute approximate surface area is 149 Å². The molecule has 1 aromatic heterocycles. The zero-order valence-corrected chi connectivity index (χ0v) is 15.6. The maximum Gasteiger partial charge on any atom is 0.260 e. The third-order valence-electron chi connectivity index (χ3n) is 4.31. The Bertz CT molecular complexity index is 664. The largest absolute Gasteiger partial charge is 0.390 e. The molecule has 0 saturated carbocycles. The highest BCUT2D eigenvalue weighted by Gasteiger charge is 2.33. The van der Waals surface area contributed by atoms with Gasteiger partial charge in [-0.25, -0.2) is 13.4 Å². The molecule has 25 heavy (non-hydrogen) atoms. The first-order valence-corrected chi connectivity index (χ1v) is 10.1. The molecule has 1 fully saturated rings. The summed E-state index contributed by atoms with van der Waals surface area (Å²) in [4.78, 5) is 15.9. The van der Waals surface area contributed by atoms with Crippen molar-refractivity contribution < 1.29 is 18.3 Å². The number of rotatable bonds is 6. The topological polar surface area (TPSA) is 99.6 Å². The monoisotopic (exact) mass is 369 g/mol. The second-order valence-electron chi connectivity index (χ2n) is 6.85. The average molecular weight is 369 g/mol. The van der Waals surface area contributed by atoms with Crippen LogP contribution in [0.3, 0.4) is 0 Å².